The van der Waals surface area contributed by atoms with E-state index in [1.54, 1.807) is 12.4 Å². The molecule has 0 spiro atoms. The van der Waals surface area contributed by atoms with E-state index < -0.39 is 0 Å². The molecule has 2 aromatic heterocycles. The number of fused-ring (bicyclic) bond motifs is 1. The Kier molecular flexibility index (Phi) is 3.83. The topological polar surface area (TPSA) is 51.8 Å². The van der Waals surface area contributed by atoms with Crippen molar-refractivity contribution in [2.45, 2.75) is 6.04 Å². The van der Waals surface area contributed by atoms with Crippen LogP contribution in [0.5, 0.6) is 0 Å². The molecule has 0 fully saturated rings. The molecule has 0 aliphatic carbocycles. The molecular formula is C15H11Br2N3. The van der Waals surface area contributed by atoms with E-state index in [0.717, 1.165) is 31.1 Å². The van der Waals surface area contributed by atoms with Gasteiger partial charge in [-0.25, -0.2) is 0 Å². The first-order valence-electron chi connectivity index (χ1n) is 6.06. The Labute approximate surface area is 133 Å². The maximum absolute atomic E-state index is 6.33. The summed E-state index contributed by atoms with van der Waals surface area (Å²) in [6.07, 6.45) is 3.54. The van der Waals surface area contributed by atoms with Gasteiger partial charge in [0.1, 0.15) is 0 Å². The summed E-state index contributed by atoms with van der Waals surface area (Å²) in [5, 5.41) is 1.08. The van der Waals surface area contributed by atoms with Crippen molar-refractivity contribution in [2.75, 3.05) is 0 Å². The molecule has 0 aliphatic heterocycles. The number of halogens is 2. The number of nitrogens with zero attached hydrogens (tertiary/aromatic N) is 2. The molecule has 0 radical (unpaired) electrons. The molecule has 100 valence electrons. The SMILES string of the molecule is NC(c1ccc2ncccc2c1)c1ncc(Br)cc1Br. The van der Waals surface area contributed by atoms with Gasteiger partial charge in [-0.1, -0.05) is 12.1 Å². The summed E-state index contributed by atoms with van der Waals surface area (Å²) in [4.78, 5) is 8.71. The second-order valence-corrected chi connectivity index (χ2v) is 6.22. The van der Waals surface area contributed by atoms with Gasteiger partial charge in [0.15, 0.2) is 0 Å². The van der Waals surface area contributed by atoms with Crippen LogP contribution >= 0.6 is 31.9 Å². The lowest BCUT2D eigenvalue weighted by Crippen LogP contribution is -2.14. The normalized spacial score (nSPS) is 12.6. The van der Waals surface area contributed by atoms with Crippen LogP contribution in [-0.2, 0) is 0 Å². The van der Waals surface area contributed by atoms with Crippen molar-refractivity contribution >= 4 is 42.8 Å². The van der Waals surface area contributed by atoms with E-state index in [4.69, 9.17) is 5.73 Å². The zero-order valence-corrected chi connectivity index (χ0v) is 13.6. The van der Waals surface area contributed by atoms with Crippen molar-refractivity contribution in [3.8, 4) is 0 Å². The van der Waals surface area contributed by atoms with Gasteiger partial charge in [0.2, 0.25) is 0 Å². The van der Waals surface area contributed by atoms with Crippen molar-refractivity contribution in [3.05, 3.63) is 69.0 Å². The molecule has 0 saturated carbocycles. The van der Waals surface area contributed by atoms with Gasteiger partial charge < -0.3 is 5.73 Å². The summed E-state index contributed by atoms with van der Waals surface area (Å²) < 4.78 is 1.81. The molecule has 0 bridgehead atoms. The molecule has 0 saturated heterocycles. The molecule has 3 aromatic rings. The molecule has 2 heterocycles. The smallest absolute Gasteiger partial charge is 0.0758 e. The van der Waals surface area contributed by atoms with E-state index >= 15 is 0 Å². The van der Waals surface area contributed by atoms with E-state index in [-0.39, 0.29) is 6.04 Å². The molecule has 1 aromatic carbocycles. The molecule has 20 heavy (non-hydrogen) atoms. The van der Waals surface area contributed by atoms with Crippen LogP contribution in [-0.4, -0.2) is 9.97 Å². The molecule has 1 atom stereocenters. The Hall–Kier alpha value is -1.30. The maximum Gasteiger partial charge on any atom is 0.0758 e. The summed E-state index contributed by atoms with van der Waals surface area (Å²) >= 11 is 6.90. The average molecular weight is 393 g/mol. The van der Waals surface area contributed by atoms with Crippen molar-refractivity contribution in [2.24, 2.45) is 5.73 Å². The average Bonchev–Trinajstić information content (AvgIpc) is 2.46. The third-order valence-corrected chi connectivity index (χ3v) is 4.19. The number of pyridine rings is 2. The fraction of sp³-hybridized carbons (Fsp3) is 0.0667. The van der Waals surface area contributed by atoms with Crippen LogP contribution in [0.25, 0.3) is 10.9 Å². The summed E-state index contributed by atoms with van der Waals surface area (Å²) in [5.41, 5.74) is 9.13. The Bertz CT molecular complexity index is 774. The molecule has 1 unspecified atom stereocenters. The Balaban J connectivity index is 2.05. The van der Waals surface area contributed by atoms with Crippen molar-refractivity contribution in [1.29, 1.82) is 0 Å². The largest absolute Gasteiger partial charge is 0.319 e. The molecule has 0 amide bonds. The minimum atomic E-state index is -0.276. The van der Waals surface area contributed by atoms with Gasteiger partial charge in [-0.2, -0.15) is 0 Å². The van der Waals surface area contributed by atoms with E-state index in [9.17, 15) is 0 Å². The van der Waals surface area contributed by atoms with Crippen LogP contribution in [0.4, 0.5) is 0 Å². The van der Waals surface area contributed by atoms with Gasteiger partial charge in [0.25, 0.3) is 0 Å². The quantitative estimate of drug-likeness (QED) is 0.710. The van der Waals surface area contributed by atoms with Crippen molar-refractivity contribution < 1.29 is 0 Å². The second kappa shape index (κ2) is 5.60. The number of nitrogens with two attached hydrogens (primary N) is 1. The van der Waals surface area contributed by atoms with Gasteiger partial charge in [-0.15, -0.1) is 0 Å². The predicted octanol–water partition coefficient (Wildman–Crippen LogP) is 4.20. The van der Waals surface area contributed by atoms with E-state index in [1.807, 2.05) is 30.3 Å². The third kappa shape index (κ3) is 2.61. The monoisotopic (exact) mass is 391 g/mol. The number of rotatable bonds is 2. The van der Waals surface area contributed by atoms with Crippen molar-refractivity contribution in [3.63, 3.8) is 0 Å². The number of hydrogen-bond donors (Lipinski definition) is 1. The molecular weight excluding hydrogens is 382 g/mol. The zero-order chi connectivity index (χ0) is 14.1. The van der Waals surface area contributed by atoms with E-state index in [1.165, 1.54) is 0 Å². The molecule has 3 nitrogen and oxygen atoms in total. The van der Waals surface area contributed by atoms with Crippen molar-refractivity contribution in [1.82, 2.24) is 9.97 Å². The van der Waals surface area contributed by atoms with Gasteiger partial charge >= 0.3 is 0 Å². The summed E-state index contributed by atoms with van der Waals surface area (Å²) in [6.45, 7) is 0. The first kappa shape index (κ1) is 13.7. The van der Waals surface area contributed by atoms with Gasteiger partial charge in [-0.3, -0.25) is 9.97 Å². The molecule has 3 rings (SSSR count). The van der Waals surface area contributed by atoms with Crippen LogP contribution in [0.3, 0.4) is 0 Å². The number of hydrogen-bond acceptors (Lipinski definition) is 3. The van der Waals surface area contributed by atoms with Crippen LogP contribution in [0.15, 0.2) is 57.7 Å². The highest BCUT2D eigenvalue weighted by atomic mass is 79.9. The minimum absolute atomic E-state index is 0.276. The minimum Gasteiger partial charge on any atom is -0.319 e. The van der Waals surface area contributed by atoms with Crippen LogP contribution < -0.4 is 5.73 Å². The highest BCUT2D eigenvalue weighted by Crippen LogP contribution is 2.28. The zero-order valence-electron chi connectivity index (χ0n) is 10.4. The van der Waals surface area contributed by atoms with Crippen LogP contribution in [0, 0.1) is 0 Å². The Morgan fingerprint density at radius 3 is 2.70 bits per heavy atom. The highest BCUT2D eigenvalue weighted by molar-refractivity contribution is 9.11. The lowest BCUT2D eigenvalue weighted by atomic mass is 10.0. The predicted molar refractivity (Wildman–Crippen MR) is 87.4 cm³/mol. The second-order valence-electron chi connectivity index (χ2n) is 4.45. The number of benzene rings is 1. The summed E-state index contributed by atoms with van der Waals surface area (Å²) in [6, 6.07) is 11.7. The molecule has 5 heteroatoms. The van der Waals surface area contributed by atoms with Crippen LogP contribution in [0.1, 0.15) is 17.3 Å². The Morgan fingerprint density at radius 1 is 1.05 bits per heavy atom. The van der Waals surface area contributed by atoms with E-state index in [0.29, 0.717) is 0 Å². The van der Waals surface area contributed by atoms with Gasteiger partial charge in [-0.05, 0) is 61.7 Å². The third-order valence-electron chi connectivity index (χ3n) is 3.12. The molecule has 2 N–H and O–H groups in total. The summed E-state index contributed by atoms with van der Waals surface area (Å²) in [5.74, 6) is 0. The van der Waals surface area contributed by atoms with Crippen LogP contribution in [0.2, 0.25) is 0 Å². The fourth-order valence-electron chi connectivity index (χ4n) is 2.10. The lowest BCUT2D eigenvalue weighted by molar-refractivity contribution is 0.822. The standard InChI is InChI=1S/C15H11Br2N3/c16-11-7-12(17)15(20-8-11)14(18)10-3-4-13-9(6-10)2-1-5-19-13/h1-8,14H,18H2. The fourth-order valence-corrected chi connectivity index (χ4v) is 3.33. The highest BCUT2D eigenvalue weighted by Gasteiger charge is 2.14. The van der Waals surface area contributed by atoms with Gasteiger partial charge in [0, 0.05) is 26.7 Å². The molecule has 0 aliphatic rings. The maximum atomic E-state index is 6.33. The van der Waals surface area contributed by atoms with Gasteiger partial charge in [0.05, 0.1) is 17.3 Å². The summed E-state index contributed by atoms with van der Waals surface area (Å²) in [7, 11) is 0. The lowest BCUT2D eigenvalue weighted by Gasteiger charge is -2.14. The first-order valence-corrected chi connectivity index (χ1v) is 7.65. The Morgan fingerprint density at radius 2 is 1.90 bits per heavy atom. The van der Waals surface area contributed by atoms with E-state index in [2.05, 4.69) is 47.9 Å². The first-order chi connectivity index (χ1) is 9.65. The number of aromatic nitrogens is 2.